The molecular weight excluding hydrogens is 420 g/mol. The van der Waals surface area contributed by atoms with Crippen LogP contribution in [0.3, 0.4) is 0 Å². The number of allylic oxidation sites excluding steroid dienone is 3. The molecule has 6 rings (SSSR count). The van der Waals surface area contributed by atoms with Gasteiger partial charge >= 0.3 is 0 Å². The minimum Gasteiger partial charge on any atom is -0.354 e. The van der Waals surface area contributed by atoms with Crippen molar-refractivity contribution in [2.24, 2.45) is 0 Å². The quantitative estimate of drug-likeness (QED) is 0.675. The average molecular weight is 448 g/mol. The van der Waals surface area contributed by atoms with Gasteiger partial charge in [-0.1, -0.05) is 18.2 Å². The first-order valence-electron chi connectivity index (χ1n) is 11.2. The van der Waals surface area contributed by atoms with Crippen LogP contribution < -0.4 is 4.90 Å². The molecule has 0 aliphatic carbocycles. The summed E-state index contributed by atoms with van der Waals surface area (Å²) in [6, 6.07) is 12.4. The van der Waals surface area contributed by atoms with Crippen molar-refractivity contribution in [3.63, 3.8) is 0 Å². The van der Waals surface area contributed by atoms with Crippen molar-refractivity contribution in [1.82, 2.24) is 19.7 Å². The van der Waals surface area contributed by atoms with Crippen LogP contribution in [0.2, 0.25) is 0 Å². The predicted molar refractivity (Wildman–Crippen MR) is 127 cm³/mol. The molecule has 5 heterocycles. The van der Waals surface area contributed by atoms with E-state index in [1.54, 1.807) is 0 Å². The van der Waals surface area contributed by atoms with E-state index in [1.807, 2.05) is 45.7 Å². The van der Waals surface area contributed by atoms with Gasteiger partial charge in [-0.2, -0.15) is 9.69 Å². The second-order valence-electron chi connectivity index (χ2n) is 8.57. The van der Waals surface area contributed by atoms with Gasteiger partial charge in [0, 0.05) is 43.6 Å². The summed E-state index contributed by atoms with van der Waals surface area (Å²) in [5.41, 5.74) is 3.23. The number of para-hydroxylation sites is 1. The Bertz CT molecular complexity index is 1110. The lowest BCUT2D eigenvalue weighted by Gasteiger charge is -2.44. The molecule has 0 N–H and O–H groups in total. The highest BCUT2D eigenvalue weighted by molar-refractivity contribution is 7.99. The molecule has 2 fully saturated rings. The summed E-state index contributed by atoms with van der Waals surface area (Å²) in [5.74, 6) is 3.20. The average Bonchev–Trinajstić information content (AvgIpc) is 3.63. The molecule has 0 bridgehead atoms. The second-order valence-corrected chi connectivity index (χ2v) is 9.65. The van der Waals surface area contributed by atoms with Crippen molar-refractivity contribution in [3.8, 4) is 5.69 Å². The fraction of sp³-hybridized carbons (Fsp3) is 0.333. The van der Waals surface area contributed by atoms with Crippen molar-refractivity contribution in [2.45, 2.75) is 0 Å². The van der Waals surface area contributed by atoms with Gasteiger partial charge in [-0.05, 0) is 18.2 Å². The van der Waals surface area contributed by atoms with Crippen LogP contribution in [0.25, 0.3) is 5.69 Å². The lowest BCUT2D eigenvalue weighted by atomic mass is 10.2. The fourth-order valence-electron chi connectivity index (χ4n) is 5.14. The largest absolute Gasteiger partial charge is 0.354 e. The van der Waals surface area contributed by atoms with Gasteiger partial charge in [-0.15, -0.1) is 16.8 Å². The standard InChI is InChI=1S/C24H27N6OS/c31-24(27-14-16-32-19-27)20-17-22-7-4-15-30(22,18-20)28-12-10-26(11-13-28)23-8-9-25-29(23)21-5-2-1-3-6-21/h1-9,15,17H,10-14,16,18-19H2/q+1/t30-/m1/s1. The Morgan fingerprint density at radius 2 is 1.88 bits per heavy atom. The number of carbonyl (C=O) groups is 1. The number of fused-ring (bicyclic) bond motifs is 1. The highest BCUT2D eigenvalue weighted by Gasteiger charge is 2.48. The molecule has 32 heavy (non-hydrogen) atoms. The van der Waals surface area contributed by atoms with Crippen LogP contribution in [0.5, 0.6) is 0 Å². The molecule has 4 aliphatic rings. The van der Waals surface area contributed by atoms with Gasteiger partial charge in [-0.25, -0.2) is 4.68 Å². The summed E-state index contributed by atoms with van der Waals surface area (Å²) in [4.78, 5) is 17.4. The van der Waals surface area contributed by atoms with Crippen LogP contribution in [-0.4, -0.2) is 81.1 Å². The molecular formula is C24H27N6OS+. The highest BCUT2D eigenvalue weighted by Crippen LogP contribution is 2.38. The number of amides is 1. The minimum atomic E-state index is 0.210. The predicted octanol–water partition coefficient (Wildman–Crippen LogP) is 2.61. The molecule has 164 valence electrons. The normalized spacial score (nSPS) is 25.2. The second kappa shape index (κ2) is 7.95. The third-order valence-electron chi connectivity index (χ3n) is 6.80. The van der Waals surface area contributed by atoms with Crippen LogP contribution in [0.1, 0.15) is 0 Å². The van der Waals surface area contributed by atoms with E-state index in [4.69, 9.17) is 0 Å². The Morgan fingerprint density at radius 1 is 1.03 bits per heavy atom. The van der Waals surface area contributed by atoms with E-state index in [1.165, 1.54) is 5.70 Å². The number of anilines is 1. The lowest BCUT2D eigenvalue weighted by Crippen LogP contribution is -2.60. The fourth-order valence-corrected chi connectivity index (χ4v) is 6.08. The molecule has 2 saturated heterocycles. The number of hydrogen-bond acceptors (Lipinski definition) is 5. The third-order valence-corrected chi connectivity index (χ3v) is 7.77. The minimum absolute atomic E-state index is 0.210. The van der Waals surface area contributed by atoms with Gasteiger partial charge in [0.05, 0.1) is 36.4 Å². The molecule has 0 spiro atoms. The van der Waals surface area contributed by atoms with Gasteiger partial charge in [-0.3, -0.25) is 4.79 Å². The number of nitrogens with zero attached hydrogens (tertiary/aromatic N) is 6. The third kappa shape index (κ3) is 3.21. The number of benzene rings is 1. The molecule has 1 amide bonds. The molecule has 2 aromatic rings. The maximum absolute atomic E-state index is 13.0. The zero-order valence-electron chi connectivity index (χ0n) is 18.0. The number of aromatic nitrogens is 2. The summed E-state index contributed by atoms with van der Waals surface area (Å²) in [6.45, 7) is 5.29. The van der Waals surface area contributed by atoms with E-state index < -0.39 is 0 Å². The van der Waals surface area contributed by atoms with Crippen molar-refractivity contribution >= 4 is 23.5 Å². The number of carbonyl (C=O) groups excluding carboxylic acids is 1. The van der Waals surface area contributed by atoms with Crippen molar-refractivity contribution in [2.75, 3.05) is 55.8 Å². The van der Waals surface area contributed by atoms with Gasteiger partial charge in [0.25, 0.3) is 5.91 Å². The lowest BCUT2D eigenvalue weighted by molar-refractivity contribution is -0.948. The van der Waals surface area contributed by atoms with Gasteiger partial charge in [0.2, 0.25) is 0 Å². The number of thioether (sulfide) groups is 1. The SMILES string of the molecule is O=C(C1=CC2=CC=C[N@@+]2(N2CCN(c3ccnn3-c3ccccc3)CC2)C1)N1CCSC1. The van der Waals surface area contributed by atoms with Crippen molar-refractivity contribution in [1.29, 1.82) is 0 Å². The molecule has 0 unspecified atom stereocenters. The van der Waals surface area contributed by atoms with Gasteiger partial charge < -0.3 is 9.80 Å². The molecule has 0 radical (unpaired) electrons. The van der Waals surface area contributed by atoms with Crippen LogP contribution in [0.15, 0.2) is 78.3 Å². The molecule has 1 aromatic heterocycles. The summed E-state index contributed by atoms with van der Waals surface area (Å²) in [6.07, 6.45) is 10.5. The van der Waals surface area contributed by atoms with E-state index >= 15 is 0 Å². The Kier molecular flexibility index (Phi) is 4.93. The van der Waals surface area contributed by atoms with Crippen molar-refractivity contribution < 1.29 is 9.39 Å². The Hall–Kier alpha value is -2.81. The Labute approximate surface area is 192 Å². The summed E-state index contributed by atoms with van der Waals surface area (Å²) < 4.78 is 2.68. The molecule has 1 atom stereocenters. The van der Waals surface area contributed by atoms with Crippen LogP contribution in [0, 0.1) is 0 Å². The van der Waals surface area contributed by atoms with Crippen LogP contribution >= 0.6 is 11.8 Å². The number of rotatable bonds is 4. The van der Waals surface area contributed by atoms with Crippen LogP contribution in [-0.2, 0) is 4.79 Å². The first kappa shape index (κ1) is 19.8. The van der Waals surface area contributed by atoms with E-state index in [9.17, 15) is 4.79 Å². The maximum atomic E-state index is 13.0. The zero-order valence-corrected chi connectivity index (χ0v) is 18.8. The number of quaternary nitrogens is 1. The first-order valence-corrected chi connectivity index (χ1v) is 12.4. The molecule has 0 saturated carbocycles. The highest BCUT2D eigenvalue weighted by atomic mass is 32.2. The van der Waals surface area contributed by atoms with E-state index in [0.717, 1.165) is 68.0 Å². The van der Waals surface area contributed by atoms with Gasteiger partial charge in [0.15, 0.2) is 5.70 Å². The molecule has 7 nitrogen and oxygen atoms in total. The van der Waals surface area contributed by atoms with Crippen molar-refractivity contribution in [3.05, 3.63) is 78.3 Å². The topological polar surface area (TPSA) is 44.6 Å². The zero-order chi connectivity index (χ0) is 21.5. The molecule has 4 aliphatic heterocycles. The first-order chi connectivity index (χ1) is 15.7. The molecule has 1 aromatic carbocycles. The van der Waals surface area contributed by atoms with E-state index in [-0.39, 0.29) is 5.91 Å². The van der Waals surface area contributed by atoms with Crippen LogP contribution in [0.4, 0.5) is 5.82 Å². The monoisotopic (exact) mass is 447 g/mol. The number of piperazine rings is 1. The van der Waals surface area contributed by atoms with Gasteiger partial charge in [0.1, 0.15) is 18.6 Å². The van der Waals surface area contributed by atoms with E-state index in [0.29, 0.717) is 4.59 Å². The Balaban J connectivity index is 1.17. The maximum Gasteiger partial charge on any atom is 0.256 e. The number of hydrogen-bond donors (Lipinski definition) is 0. The summed E-state index contributed by atoms with van der Waals surface area (Å²) >= 11 is 1.84. The molecule has 8 heteroatoms. The van der Waals surface area contributed by atoms with E-state index in [2.05, 4.69) is 57.6 Å². The summed E-state index contributed by atoms with van der Waals surface area (Å²) in [7, 11) is 0. The smallest absolute Gasteiger partial charge is 0.256 e. The Morgan fingerprint density at radius 3 is 2.66 bits per heavy atom. The summed E-state index contributed by atoms with van der Waals surface area (Å²) in [5, 5.41) is 7.07.